The van der Waals surface area contributed by atoms with E-state index >= 15 is 0 Å². The van der Waals surface area contributed by atoms with E-state index in [1.165, 1.54) is 57.0 Å². The Balaban J connectivity index is 1.71. The lowest BCUT2D eigenvalue weighted by molar-refractivity contribution is 0.596. The van der Waals surface area contributed by atoms with Crippen LogP contribution in [-0.4, -0.2) is 4.98 Å². The highest BCUT2D eigenvalue weighted by Gasteiger charge is 2.20. The van der Waals surface area contributed by atoms with Crippen LogP contribution in [0.3, 0.4) is 0 Å². The minimum Gasteiger partial charge on any atom is -0.256 e. The first-order chi connectivity index (χ1) is 14.9. The molecule has 152 valence electrons. The topological polar surface area (TPSA) is 12.9 Å². The van der Waals surface area contributed by atoms with E-state index in [-0.39, 0.29) is 5.41 Å². The number of aromatic nitrogens is 1. The maximum absolute atomic E-state index is 4.92. The first-order valence-corrected chi connectivity index (χ1v) is 12.3. The van der Waals surface area contributed by atoms with Crippen molar-refractivity contribution < 1.29 is 0 Å². The van der Waals surface area contributed by atoms with Crippen LogP contribution < -0.4 is 0 Å². The first-order valence-electron chi connectivity index (χ1n) is 10.6. The molecule has 0 amide bonds. The minimum absolute atomic E-state index is 0.0564. The maximum Gasteiger partial charge on any atom is 0.0795 e. The van der Waals surface area contributed by atoms with E-state index in [4.69, 9.17) is 4.98 Å². The molecule has 0 bridgehead atoms. The quantitative estimate of drug-likeness (QED) is 0.250. The predicted octanol–water partition coefficient (Wildman–Crippen LogP) is 9.09. The summed E-state index contributed by atoms with van der Waals surface area (Å²) in [6.07, 6.45) is 1.96. The maximum atomic E-state index is 4.92. The summed E-state index contributed by atoms with van der Waals surface area (Å²) in [5, 5.41) is 6.56. The molecule has 0 spiro atoms. The monoisotopic (exact) mass is 437 g/mol. The van der Waals surface area contributed by atoms with Crippen molar-refractivity contribution in [2.24, 2.45) is 0 Å². The number of pyridine rings is 1. The molecule has 6 aromatic rings. The van der Waals surface area contributed by atoms with Gasteiger partial charge in [0.2, 0.25) is 0 Å². The van der Waals surface area contributed by atoms with Crippen molar-refractivity contribution in [2.45, 2.75) is 33.1 Å². The van der Waals surface area contributed by atoms with Crippen molar-refractivity contribution >= 4 is 63.7 Å². The molecule has 0 aliphatic heterocycles. The average molecular weight is 438 g/mol. The number of aryl methyl sites for hydroxylation is 1. The van der Waals surface area contributed by atoms with Crippen LogP contribution >= 0.6 is 22.7 Å². The third kappa shape index (κ3) is 2.99. The van der Waals surface area contributed by atoms with Gasteiger partial charge in [-0.25, -0.2) is 0 Å². The van der Waals surface area contributed by atoms with Crippen molar-refractivity contribution in [2.75, 3.05) is 0 Å². The fraction of sp³-hybridized carbons (Fsp3) is 0.179. The van der Waals surface area contributed by atoms with E-state index in [0.29, 0.717) is 0 Å². The molecule has 0 atom stereocenters. The van der Waals surface area contributed by atoms with Crippen molar-refractivity contribution in [1.82, 2.24) is 4.98 Å². The number of thiophene rings is 2. The molecule has 3 aromatic heterocycles. The van der Waals surface area contributed by atoms with Crippen LogP contribution in [0.25, 0.3) is 52.3 Å². The number of rotatable bonds is 1. The molecule has 0 fully saturated rings. The van der Waals surface area contributed by atoms with Gasteiger partial charge < -0.3 is 0 Å². The van der Waals surface area contributed by atoms with Crippen LogP contribution in [0.4, 0.5) is 0 Å². The van der Waals surface area contributed by atoms with E-state index in [1.807, 2.05) is 28.9 Å². The number of hydrogen-bond acceptors (Lipinski definition) is 3. The Labute approximate surface area is 190 Å². The molecule has 0 aliphatic carbocycles. The van der Waals surface area contributed by atoms with Gasteiger partial charge in [-0.1, -0.05) is 45.0 Å². The van der Waals surface area contributed by atoms with Crippen LogP contribution in [0.2, 0.25) is 0 Å². The zero-order chi connectivity index (χ0) is 21.3. The second-order valence-corrected chi connectivity index (χ2v) is 11.7. The van der Waals surface area contributed by atoms with Crippen LogP contribution in [-0.2, 0) is 5.41 Å². The van der Waals surface area contributed by atoms with E-state index in [9.17, 15) is 0 Å². The van der Waals surface area contributed by atoms with Crippen molar-refractivity contribution in [3.8, 4) is 11.3 Å². The zero-order valence-corrected chi connectivity index (χ0v) is 19.7. The molecule has 3 heterocycles. The number of hydrogen-bond donors (Lipinski definition) is 0. The highest BCUT2D eigenvalue weighted by molar-refractivity contribution is 7.26. The summed E-state index contributed by atoms with van der Waals surface area (Å²) >= 11 is 3.75. The molecule has 0 saturated carbocycles. The van der Waals surface area contributed by atoms with E-state index in [1.54, 1.807) is 0 Å². The van der Waals surface area contributed by atoms with Gasteiger partial charge in [0, 0.05) is 41.5 Å². The number of fused-ring (bicyclic) bond motifs is 5. The fourth-order valence-corrected chi connectivity index (χ4v) is 6.75. The standard InChI is InChI=1S/C28H23NS2/c1-16-11-18-14-25-21(15-24(18)30-16)26-23(31-25)9-10-29-27(26)19-12-17-7-5-6-8-20(17)22(13-19)28(2,3)4/h5-15H,1-4H3. The highest BCUT2D eigenvalue weighted by Crippen LogP contribution is 2.43. The highest BCUT2D eigenvalue weighted by atomic mass is 32.1. The summed E-state index contributed by atoms with van der Waals surface area (Å²) in [6, 6.07) is 22.6. The van der Waals surface area contributed by atoms with E-state index in [0.717, 1.165) is 5.69 Å². The van der Waals surface area contributed by atoms with Gasteiger partial charge in [-0.05, 0) is 70.5 Å². The van der Waals surface area contributed by atoms with Crippen LogP contribution in [0, 0.1) is 6.92 Å². The lowest BCUT2D eigenvalue weighted by Crippen LogP contribution is -2.12. The molecule has 0 unspecified atom stereocenters. The molecular weight excluding hydrogens is 414 g/mol. The van der Waals surface area contributed by atoms with Gasteiger partial charge in [-0.3, -0.25) is 4.98 Å². The molecular formula is C28H23NS2. The molecule has 0 aliphatic rings. The van der Waals surface area contributed by atoms with Gasteiger partial charge in [0.1, 0.15) is 0 Å². The normalized spacial score (nSPS) is 12.5. The zero-order valence-electron chi connectivity index (χ0n) is 18.1. The average Bonchev–Trinajstić information content (AvgIpc) is 3.28. The van der Waals surface area contributed by atoms with E-state index in [2.05, 4.69) is 88.4 Å². The largest absolute Gasteiger partial charge is 0.256 e. The van der Waals surface area contributed by atoms with Gasteiger partial charge in [0.05, 0.1) is 5.69 Å². The Morgan fingerprint density at radius 3 is 2.42 bits per heavy atom. The summed E-state index contributed by atoms with van der Waals surface area (Å²) in [4.78, 5) is 6.29. The van der Waals surface area contributed by atoms with Crippen molar-refractivity contribution in [3.63, 3.8) is 0 Å². The van der Waals surface area contributed by atoms with Gasteiger partial charge in [0.15, 0.2) is 0 Å². The lowest BCUT2D eigenvalue weighted by atomic mass is 9.82. The molecule has 3 heteroatoms. The van der Waals surface area contributed by atoms with Crippen LogP contribution in [0.1, 0.15) is 31.2 Å². The number of nitrogens with zero attached hydrogens (tertiary/aromatic N) is 1. The first kappa shape index (κ1) is 19.0. The summed E-state index contributed by atoms with van der Waals surface area (Å²) in [5.74, 6) is 0. The SMILES string of the molecule is Cc1cc2cc3sc4ccnc(-c5cc(C(C)(C)C)c6ccccc6c5)c4c3cc2s1. The molecule has 0 saturated heterocycles. The van der Waals surface area contributed by atoms with Crippen molar-refractivity contribution in [3.05, 3.63) is 77.3 Å². The Hall–Kier alpha value is -2.75. The van der Waals surface area contributed by atoms with Crippen LogP contribution in [0.15, 0.2) is 66.9 Å². The van der Waals surface area contributed by atoms with Gasteiger partial charge in [0.25, 0.3) is 0 Å². The Morgan fingerprint density at radius 2 is 1.58 bits per heavy atom. The van der Waals surface area contributed by atoms with E-state index < -0.39 is 0 Å². The Morgan fingerprint density at radius 1 is 0.742 bits per heavy atom. The number of benzene rings is 3. The van der Waals surface area contributed by atoms with Crippen LogP contribution in [0.5, 0.6) is 0 Å². The van der Waals surface area contributed by atoms with Crippen molar-refractivity contribution in [1.29, 1.82) is 0 Å². The third-order valence-electron chi connectivity index (χ3n) is 6.09. The summed E-state index contributed by atoms with van der Waals surface area (Å²) in [5.41, 5.74) is 3.72. The summed E-state index contributed by atoms with van der Waals surface area (Å²) in [7, 11) is 0. The summed E-state index contributed by atoms with van der Waals surface area (Å²) in [6.45, 7) is 9.07. The summed E-state index contributed by atoms with van der Waals surface area (Å²) < 4.78 is 4.00. The smallest absolute Gasteiger partial charge is 0.0795 e. The Kier molecular flexibility index (Phi) is 4.05. The molecule has 0 N–H and O–H groups in total. The second kappa shape index (κ2) is 6.62. The second-order valence-electron chi connectivity index (χ2n) is 9.37. The van der Waals surface area contributed by atoms with Gasteiger partial charge >= 0.3 is 0 Å². The minimum atomic E-state index is 0.0564. The lowest BCUT2D eigenvalue weighted by Gasteiger charge is -2.23. The molecule has 6 rings (SSSR count). The molecule has 31 heavy (non-hydrogen) atoms. The Bertz CT molecular complexity index is 1630. The van der Waals surface area contributed by atoms with Gasteiger partial charge in [-0.15, -0.1) is 22.7 Å². The third-order valence-corrected chi connectivity index (χ3v) is 8.22. The predicted molar refractivity (Wildman–Crippen MR) is 139 cm³/mol. The molecule has 1 nitrogen and oxygen atoms in total. The molecule has 3 aromatic carbocycles. The molecule has 0 radical (unpaired) electrons. The van der Waals surface area contributed by atoms with Gasteiger partial charge in [-0.2, -0.15) is 0 Å². The fourth-order valence-electron chi connectivity index (χ4n) is 4.67.